The molecule has 0 spiro atoms. The van der Waals surface area contributed by atoms with Crippen LogP contribution in [0.3, 0.4) is 0 Å². The van der Waals surface area contributed by atoms with Crippen molar-refractivity contribution in [2.45, 2.75) is 0 Å². The topological polar surface area (TPSA) is 62.0 Å². The van der Waals surface area contributed by atoms with E-state index in [0.717, 1.165) is 6.07 Å². The predicted octanol–water partition coefficient (Wildman–Crippen LogP) is 3.57. The molecule has 0 saturated carbocycles. The number of anilines is 1. The maximum atomic E-state index is 13.0. The first-order chi connectivity index (χ1) is 10.5. The molecular weight excluding hydrogens is 307 g/mol. The van der Waals surface area contributed by atoms with Crippen molar-refractivity contribution in [2.75, 3.05) is 5.32 Å². The molecule has 3 rings (SSSR count). The van der Waals surface area contributed by atoms with Crippen molar-refractivity contribution in [2.24, 2.45) is 0 Å². The summed E-state index contributed by atoms with van der Waals surface area (Å²) in [4.78, 5) is 26.7. The number of pyridine rings is 1. The Hall–Kier alpha value is -2.66. The van der Waals surface area contributed by atoms with E-state index in [1.165, 1.54) is 18.2 Å². The summed E-state index contributed by atoms with van der Waals surface area (Å²) < 4.78 is 13.0. The van der Waals surface area contributed by atoms with Gasteiger partial charge in [-0.2, -0.15) is 0 Å². The molecule has 4 nitrogen and oxygen atoms in total. The first-order valence-corrected chi connectivity index (χ1v) is 6.81. The monoisotopic (exact) mass is 316 g/mol. The number of nitrogens with one attached hydrogen (secondary N) is 2. The number of aromatic nitrogens is 1. The lowest BCUT2D eigenvalue weighted by Crippen LogP contribution is -2.17. The van der Waals surface area contributed by atoms with Crippen LogP contribution in [0.5, 0.6) is 0 Å². The first-order valence-electron chi connectivity index (χ1n) is 6.43. The summed E-state index contributed by atoms with van der Waals surface area (Å²) in [7, 11) is 0. The highest BCUT2D eigenvalue weighted by Crippen LogP contribution is 2.24. The van der Waals surface area contributed by atoms with Crippen molar-refractivity contribution in [1.82, 2.24) is 4.98 Å². The number of H-pyrrole nitrogens is 1. The molecule has 0 radical (unpaired) electrons. The zero-order valence-electron chi connectivity index (χ0n) is 11.2. The highest BCUT2D eigenvalue weighted by atomic mass is 35.5. The van der Waals surface area contributed by atoms with Crippen LogP contribution in [-0.4, -0.2) is 10.9 Å². The molecule has 0 aliphatic rings. The van der Waals surface area contributed by atoms with Crippen LogP contribution in [0.1, 0.15) is 10.4 Å². The number of hydrogen-bond donors (Lipinski definition) is 2. The fourth-order valence-corrected chi connectivity index (χ4v) is 2.39. The average molecular weight is 317 g/mol. The van der Waals surface area contributed by atoms with Gasteiger partial charge in [-0.25, -0.2) is 4.39 Å². The maximum Gasteiger partial charge on any atom is 0.256 e. The van der Waals surface area contributed by atoms with E-state index >= 15 is 0 Å². The summed E-state index contributed by atoms with van der Waals surface area (Å²) in [6, 6.07) is 11.8. The molecule has 0 fully saturated rings. The quantitative estimate of drug-likeness (QED) is 0.759. The third-order valence-electron chi connectivity index (χ3n) is 3.17. The van der Waals surface area contributed by atoms with Gasteiger partial charge in [0.15, 0.2) is 0 Å². The standard InChI is InChI=1S/C16H10ClFN2O2/c17-12-7-9(18)5-6-14(12)20-16(22)11-8-15(21)19-13-4-2-1-3-10(11)13/h1-8H,(H,19,21)(H,20,22). The normalized spacial score (nSPS) is 10.6. The minimum absolute atomic E-state index is 0.0856. The van der Waals surface area contributed by atoms with E-state index in [9.17, 15) is 14.0 Å². The molecule has 0 saturated heterocycles. The van der Waals surface area contributed by atoms with Gasteiger partial charge >= 0.3 is 0 Å². The van der Waals surface area contributed by atoms with Crippen LogP contribution in [0.2, 0.25) is 5.02 Å². The summed E-state index contributed by atoms with van der Waals surface area (Å²) >= 11 is 5.89. The Morgan fingerprint density at radius 3 is 2.68 bits per heavy atom. The average Bonchev–Trinajstić information content (AvgIpc) is 2.49. The molecule has 1 amide bonds. The Kier molecular flexibility index (Phi) is 3.65. The van der Waals surface area contributed by atoms with E-state index in [2.05, 4.69) is 10.3 Å². The van der Waals surface area contributed by atoms with Gasteiger partial charge in [-0.15, -0.1) is 0 Å². The molecule has 110 valence electrons. The van der Waals surface area contributed by atoms with Crippen molar-refractivity contribution >= 4 is 34.1 Å². The van der Waals surface area contributed by atoms with Crippen molar-refractivity contribution in [3.05, 3.63) is 75.3 Å². The van der Waals surface area contributed by atoms with Gasteiger partial charge in [0, 0.05) is 17.0 Å². The Labute approximate surface area is 129 Å². The molecule has 0 bridgehead atoms. The number of hydrogen-bond acceptors (Lipinski definition) is 2. The Morgan fingerprint density at radius 2 is 1.91 bits per heavy atom. The van der Waals surface area contributed by atoms with E-state index in [4.69, 9.17) is 11.6 Å². The van der Waals surface area contributed by atoms with E-state index in [1.54, 1.807) is 24.3 Å². The van der Waals surface area contributed by atoms with E-state index in [0.29, 0.717) is 10.9 Å². The van der Waals surface area contributed by atoms with Crippen LogP contribution in [0.25, 0.3) is 10.9 Å². The third-order valence-corrected chi connectivity index (χ3v) is 3.49. The zero-order chi connectivity index (χ0) is 15.7. The SMILES string of the molecule is O=C(Nc1ccc(F)cc1Cl)c1cc(=O)[nH]c2ccccc12. The fraction of sp³-hybridized carbons (Fsp3) is 0. The number of aromatic amines is 1. The predicted molar refractivity (Wildman–Crippen MR) is 83.9 cm³/mol. The molecule has 2 aromatic carbocycles. The lowest BCUT2D eigenvalue weighted by atomic mass is 10.1. The summed E-state index contributed by atoms with van der Waals surface area (Å²) in [5.74, 6) is -0.986. The lowest BCUT2D eigenvalue weighted by molar-refractivity contribution is 0.102. The van der Waals surface area contributed by atoms with E-state index in [-0.39, 0.29) is 21.8 Å². The van der Waals surface area contributed by atoms with Gasteiger partial charge in [0.2, 0.25) is 5.56 Å². The van der Waals surface area contributed by atoms with Gasteiger partial charge in [0.25, 0.3) is 5.91 Å². The molecule has 6 heteroatoms. The van der Waals surface area contributed by atoms with Crippen molar-refractivity contribution in [3.8, 4) is 0 Å². The number of halogens is 2. The number of carbonyl (C=O) groups is 1. The molecule has 0 unspecified atom stereocenters. The van der Waals surface area contributed by atoms with Crippen LogP contribution in [0, 0.1) is 5.82 Å². The van der Waals surface area contributed by atoms with E-state index in [1.807, 2.05) is 0 Å². The van der Waals surface area contributed by atoms with Gasteiger partial charge < -0.3 is 10.3 Å². The Morgan fingerprint density at radius 1 is 1.14 bits per heavy atom. The van der Waals surface area contributed by atoms with Crippen LogP contribution in [-0.2, 0) is 0 Å². The summed E-state index contributed by atoms with van der Waals surface area (Å²) in [6.45, 7) is 0. The second kappa shape index (κ2) is 5.61. The highest BCUT2D eigenvalue weighted by Gasteiger charge is 2.13. The first kappa shape index (κ1) is 14.3. The molecule has 3 aromatic rings. The number of fused-ring (bicyclic) bond motifs is 1. The number of carbonyl (C=O) groups excluding carboxylic acids is 1. The molecule has 1 heterocycles. The second-order valence-electron chi connectivity index (χ2n) is 4.67. The van der Waals surface area contributed by atoms with Crippen molar-refractivity contribution < 1.29 is 9.18 Å². The minimum Gasteiger partial charge on any atom is -0.322 e. The second-order valence-corrected chi connectivity index (χ2v) is 5.08. The van der Waals surface area contributed by atoms with Crippen LogP contribution >= 0.6 is 11.6 Å². The van der Waals surface area contributed by atoms with Gasteiger partial charge in [0.1, 0.15) is 5.82 Å². The maximum absolute atomic E-state index is 13.0. The summed E-state index contributed by atoms with van der Waals surface area (Å²) in [6.07, 6.45) is 0. The molecule has 0 aliphatic carbocycles. The third kappa shape index (κ3) is 2.71. The van der Waals surface area contributed by atoms with Gasteiger partial charge in [0.05, 0.1) is 16.3 Å². The fourth-order valence-electron chi connectivity index (χ4n) is 2.17. The highest BCUT2D eigenvalue weighted by molar-refractivity contribution is 6.34. The molecule has 22 heavy (non-hydrogen) atoms. The van der Waals surface area contributed by atoms with Crippen molar-refractivity contribution in [1.29, 1.82) is 0 Å². The summed E-state index contributed by atoms with van der Waals surface area (Å²) in [5, 5.41) is 3.28. The minimum atomic E-state index is -0.496. The largest absolute Gasteiger partial charge is 0.322 e. The van der Waals surface area contributed by atoms with Gasteiger partial charge in [-0.3, -0.25) is 9.59 Å². The number of benzene rings is 2. The molecular formula is C16H10ClFN2O2. The number of para-hydroxylation sites is 1. The number of rotatable bonds is 2. The Bertz CT molecular complexity index is 937. The van der Waals surface area contributed by atoms with Gasteiger partial charge in [-0.05, 0) is 24.3 Å². The Balaban J connectivity index is 2.04. The van der Waals surface area contributed by atoms with Crippen LogP contribution < -0.4 is 10.9 Å². The van der Waals surface area contributed by atoms with E-state index < -0.39 is 11.7 Å². The molecule has 2 N–H and O–H groups in total. The summed E-state index contributed by atoms with van der Waals surface area (Å²) in [5.41, 5.74) is 0.677. The van der Waals surface area contributed by atoms with Crippen LogP contribution in [0.4, 0.5) is 10.1 Å². The van der Waals surface area contributed by atoms with Crippen molar-refractivity contribution in [3.63, 3.8) is 0 Å². The molecule has 0 atom stereocenters. The van der Waals surface area contributed by atoms with Gasteiger partial charge in [-0.1, -0.05) is 29.8 Å². The zero-order valence-corrected chi connectivity index (χ0v) is 11.9. The molecule has 1 aromatic heterocycles. The lowest BCUT2D eigenvalue weighted by Gasteiger charge is -2.09. The number of amides is 1. The molecule has 0 aliphatic heterocycles. The van der Waals surface area contributed by atoms with Crippen LogP contribution in [0.15, 0.2) is 53.3 Å². The smallest absolute Gasteiger partial charge is 0.256 e.